The molecule has 102 valence electrons. The number of hydrogen-bond donors (Lipinski definition) is 1. The van der Waals surface area contributed by atoms with Crippen LogP contribution in [0.4, 0.5) is 11.9 Å². The lowest BCUT2D eigenvalue weighted by molar-refractivity contribution is 0.156. The van der Waals surface area contributed by atoms with Gasteiger partial charge in [-0.15, -0.1) is 0 Å². The molecule has 0 saturated heterocycles. The largest absolute Gasteiger partial charge is 0.460 e. The summed E-state index contributed by atoms with van der Waals surface area (Å²) in [4.78, 5) is 14.6. The molecule has 0 amide bonds. The van der Waals surface area contributed by atoms with Crippen LogP contribution < -0.4 is 15.0 Å². The SMILES string of the molecule is CCNc1nc(OC(C)C(C)C)nc(N(C)C)n1. The molecule has 0 spiro atoms. The minimum absolute atomic E-state index is 0.0666. The first-order valence-corrected chi connectivity index (χ1v) is 6.28. The van der Waals surface area contributed by atoms with E-state index in [0.29, 0.717) is 23.8 Å². The van der Waals surface area contributed by atoms with Crippen LogP contribution in [-0.4, -0.2) is 41.7 Å². The second-order valence-electron chi connectivity index (χ2n) is 4.73. The monoisotopic (exact) mass is 253 g/mol. The predicted octanol–water partition coefficient (Wildman–Crippen LogP) is 1.79. The number of aromatic nitrogens is 3. The molecule has 6 heteroatoms. The third-order valence-corrected chi connectivity index (χ3v) is 2.57. The van der Waals surface area contributed by atoms with Crippen LogP contribution >= 0.6 is 0 Å². The standard InChI is InChI=1S/C12H23N5O/c1-7-13-10-14-11(17(5)6)16-12(15-10)18-9(4)8(2)3/h8-9H,7H2,1-6H3,(H,13,14,15,16). The summed E-state index contributed by atoms with van der Waals surface area (Å²) in [6.07, 6.45) is 0.0666. The minimum atomic E-state index is 0.0666. The quantitative estimate of drug-likeness (QED) is 0.834. The van der Waals surface area contributed by atoms with Crippen LogP contribution in [0.1, 0.15) is 27.7 Å². The van der Waals surface area contributed by atoms with Gasteiger partial charge in [-0.1, -0.05) is 13.8 Å². The molecule has 0 saturated carbocycles. The normalized spacial score (nSPS) is 12.4. The third kappa shape index (κ3) is 4.01. The van der Waals surface area contributed by atoms with Crippen LogP contribution in [0, 0.1) is 5.92 Å². The van der Waals surface area contributed by atoms with Gasteiger partial charge in [-0.2, -0.15) is 15.0 Å². The number of nitrogens with zero attached hydrogens (tertiary/aromatic N) is 4. The van der Waals surface area contributed by atoms with Gasteiger partial charge >= 0.3 is 6.01 Å². The van der Waals surface area contributed by atoms with E-state index in [0.717, 1.165) is 6.54 Å². The molecule has 1 N–H and O–H groups in total. The zero-order valence-corrected chi connectivity index (χ0v) is 12.1. The average molecular weight is 253 g/mol. The summed E-state index contributed by atoms with van der Waals surface area (Å²) in [6.45, 7) is 8.97. The lowest BCUT2D eigenvalue weighted by Crippen LogP contribution is -2.22. The van der Waals surface area contributed by atoms with Crippen molar-refractivity contribution in [1.29, 1.82) is 0 Å². The Morgan fingerprint density at radius 1 is 1.17 bits per heavy atom. The Balaban J connectivity index is 2.95. The highest BCUT2D eigenvalue weighted by molar-refractivity contribution is 5.36. The molecule has 1 aromatic rings. The molecule has 18 heavy (non-hydrogen) atoms. The molecule has 1 unspecified atom stereocenters. The number of rotatable bonds is 6. The molecular formula is C12H23N5O. The van der Waals surface area contributed by atoms with Crippen LogP contribution in [0.2, 0.25) is 0 Å². The zero-order valence-electron chi connectivity index (χ0n) is 12.1. The van der Waals surface area contributed by atoms with Gasteiger partial charge in [-0.05, 0) is 19.8 Å². The zero-order chi connectivity index (χ0) is 13.7. The van der Waals surface area contributed by atoms with E-state index in [-0.39, 0.29) is 6.10 Å². The molecule has 6 nitrogen and oxygen atoms in total. The molecule has 0 aliphatic carbocycles. The first kappa shape index (κ1) is 14.5. The summed E-state index contributed by atoms with van der Waals surface area (Å²) in [7, 11) is 3.78. The molecule has 0 fully saturated rings. The number of hydrogen-bond acceptors (Lipinski definition) is 6. The molecule has 1 aromatic heterocycles. The Hall–Kier alpha value is -1.59. The van der Waals surface area contributed by atoms with Crippen molar-refractivity contribution in [1.82, 2.24) is 15.0 Å². The first-order chi connectivity index (χ1) is 8.43. The van der Waals surface area contributed by atoms with E-state index in [1.54, 1.807) is 0 Å². The summed E-state index contributed by atoms with van der Waals surface area (Å²) in [6, 6.07) is 0.367. The number of nitrogens with one attached hydrogen (secondary N) is 1. The van der Waals surface area contributed by atoms with Crippen molar-refractivity contribution in [3.63, 3.8) is 0 Å². The van der Waals surface area contributed by atoms with E-state index in [2.05, 4.69) is 34.1 Å². The Morgan fingerprint density at radius 2 is 1.83 bits per heavy atom. The van der Waals surface area contributed by atoms with Gasteiger partial charge in [0.25, 0.3) is 0 Å². The molecule has 1 heterocycles. The topological polar surface area (TPSA) is 63.2 Å². The Kier molecular flexibility index (Phi) is 5.12. The van der Waals surface area contributed by atoms with Crippen LogP contribution in [-0.2, 0) is 0 Å². The van der Waals surface area contributed by atoms with Crippen LogP contribution in [0.3, 0.4) is 0 Å². The smallest absolute Gasteiger partial charge is 0.323 e. The van der Waals surface area contributed by atoms with Gasteiger partial charge in [0, 0.05) is 20.6 Å². The van der Waals surface area contributed by atoms with E-state index in [1.165, 1.54) is 0 Å². The third-order valence-electron chi connectivity index (χ3n) is 2.57. The van der Waals surface area contributed by atoms with Crippen molar-refractivity contribution in [2.45, 2.75) is 33.8 Å². The average Bonchev–Trinajstić information content (AvgIpc) is 2.28. The Bertz CT molecular complexity index is 381. The Labute approximate surface area is 109 Å². The summed E-state index contributed by atoms with van der Waals surface area (Å²) in [5.74, 6) is 1.54. The maximum absolute atomic E-state index is 5.72. The van der Waals surface area contributed by atoms with Crippen molar-refractivity contribution in [3.8, 4) is 6.01 Å². The van der Waals surface area contributed by atoms with Crippen molar-refractivity contribution < 1.29 is 4.74 Å². The van der Waals surface area contributed by atoms with Crippen LogP contribution in [0.15, 0.2) is 0 Å². The first-order valence-electron chi connectivity index (χ1n) is 6.28. The van der Waals surface area contributed by atoms with Gasteiger partial charge in [0.05, 0.1) is 0 Å². The van der Waals surface area contributed by atoms with Gasteiger partial charge in [0.15, 0.2) is 0 Å². The van der Waals surface area contributed by atoms with Crippen LogP contribution in [0.25, 0.3) is 0 Å². The summed E-state index contributed by atoms with van der Waals surface area (Å²) >= 11 is 0. The molecule has 0 aliphatic rings. The fraction of sp³-hybridized carbons (Fsp3) is 0.750. The summed E-state index contributed by atoms with van der Waals surface area (Å²) in [5.41, 5.74) is 0. The van der Waals surface area contributed by atoms with E-state index in [9.17, 15) is 0 Å². The number of anilines is 2. The fourth-order valence-electron chi connectivity index (χ4n) is 1.14. The van der Waals surface area contributed by atoms with Gasteiger partial charge in [0.2, 0.25) is 11.9 Å². The van der Waals surface area contributed by atoms with E-state index in [1.807, 2.05) is 32.8 Å². The lowest BCUT2D eigenvalue weighted by atomic mass is 10.1. The van der Waals surface area contributed by atoms with Gasteiger partial charge < -0.3 is 15.0 Å². The van der Waals surface area contributed by atoms with E-state index in [4.69, 9.17) is 4.74 Å². The van der Waals surface area contributed by atoms with Crippen molar-refractivity contribution in [2.75, 3.05) is 30.9 Å². The molecule has 1 rings (SSSR count). The number of ether oxygens (including phenoxy) is 1. The molecule has 0 radical (unpaired) electrons. The summed E-state index contributed by atoms with van der Waals surface area (Å²) in [5, 5.41) is 3.08. The van der Waals surface area contributed by atoms with Gasteiger partial charge in [-0.25, -0.2) is 0 Å². The predicted molar refractivity (Wildman–Crippen MR) is 73.2 cm³/mol. The van der Waals surface area contributed by atoms with E-state index < -0.39 is 0 Å². The lowest BCUT2D eigenvalue weighted by Gasteiger charge is -2.18. The highest BCUT2D eigenvalue weighted by Crippen LogP contribution is 2.16. The van der Waals surface area contributed by atoms with E-state index >= 15 is 0 Å². The second kappa shape index (κ2) is 6.37. The van der Waals surface area contributed by atoms with Crippen molar-refractivity contribution in [2.24, 2.45) is 5.92 Å². The highest BCUT2D eigenvalue weighted by Gasteiger charge is 2.14. The second-order valence-corrected chi connectivity index (χ2v) is 4.73. The minimum Gasteiger partial charge on any atom is -0.460 e. The molecule has 0 aliphatic heterocycles. The fourth-order valence-corrected chi connectivity index (χ4v) is 1.14. The molecule has 0 bridgehead atoms. The summed E-state index contributed by atoms with van der Waals surface area (Å²) < 4.78 is 5.72. The maximum atomic E-state index is 5.72. The molecular weight excluding hydrogens is 230 g/mol. The van der Waals surface area contributed by atoms with Crippen molar-refractivity contribution >= 4 is 11.9 Å². The van der Waals surface area contributed by atoms with Gasteiger partial charge in [0.1, 0.15) is 6.10 Å². The van der Waals surface area contributed by atoms with Crippen LogP contribution in [0.5, 0.6) is 6.01 Å². The Morgan fingerprint density at radius 3 is 2.33 bits per heavy atom. The highest BCUT2D eigenvalue weighted by atomic mass is 16.5. The van der Waals surface area contributed by atoms with Crippen molar-refractivity contribution in [3.05, 3.63) is 0 Å². The molecule has 1 atom stereocenters. The molecule has 0 aromatic carbocycles. The maximum Gasteiger partial charge on any atom is 0.323 e. The van der Waals surface area contributed by atoms with Gasteiger partial charge in [-0.3, -0.25) is 0 Å².